The molecule has 0 heterocycles. The third-order valence-electron chi connectivity index (χ3n) is 2.31. The Morgan fingerprint density at radius 3 is 2.67 bits per heavy atom. The summed E-state index contributed by atoms with van der Waals surface area (Å²) in [7, 11) is 1.48. The molecule has 0 aromatic heterocycles. The van der Waals surface area contributed by atoms with Crippen LogP contribution in [0.5, 0.6) is 0 Å². The summed E-state index contributed by atoms with van der Waals surface area (Å²) in [6.07, 6.45) is -0.772. The zero-order valence-corrected chi connectivity index (χ0v) is 11.5. The summed E-state index contributed by atoms with van der Waals surface area (Å²) in [5.74, 6) is 0. The number of aliphatic hydroxyl groups excluding tert-OH is 2. The van der Waals surface area contributed by atoms with E-state index in [0.29, 0.717) is 22.2 Å². The molecule has 0 fully saturated rings. The minimum atomic E-state index is -0.772. The van der Waals surface area contributed by atoms with Crippen LogP contribution in [-0.4, -0.2) is 42.5 Å². The highest BCUT2D eigenvalue weighted by Crippen LogP contribution is 2.26. The van der Waals surface area contributed by atoms with Crippen LogP contribution in [0.4, 0.5) is 0 Å². The maximum atomic E-state index is 10.0. The molecule has 0 spiro atoms. The second kappa shape index (κ2) is 7.99. The number of hydrogen-bond donors (Lipinski definition) is 2. The number of benzene rings is 1. The van der Waals surface area contributed by atoms with E-state index < -0.39 is 6.10 Å². The minimum absolute atomic E-state index is 0.0536. The summed E-state index contributed by atoms with van der Waals surface area (Å²) >= 11 is 11.7. The Hall–Kier alpha value is -0.295. The molecule has 1 aromatic rings. The summed E-state index contributed by atoms with van der Waals surface area (Å²) in [5.41, 5.74) is 0.645. The van der Waals surface area contributed by atoms with Crippen LogP contribution >= 0.6 is 23.2 Å². The van der Waals surface area contributed by atoms with E-state index in [9.17, 15) is 5.11 Å². The molecule has 18 heavy (non-hydrogen) atoms. The fraction of sp³-hybridized carbons (Fsp3) is 0.455. The molecule has 1 aromatic carbocycles. The number of nitrogens with zero attached hydrogens (tertiary/aromatic N) is 1. The molecule has 0 saturated heterocycles. The SMILES string of the molecule is C[B]ON(CCO)C[C@H](O)c1ccc(Cl)c(Cl)c1. The summed E-state index contributed by atoms with van der Waals surface area (Å²) in [4.78, 5) is 0. The largest absolute Gasteiger partial charge is 0.395 e. The quantitative estimate of drug-likeness (QED) is 0.595. The van der Waals surface area contributed by atoms with Gasteiger partial charge in [-0.2, -0.15) is 0 Å². The van der Waals surface area contributed by atoms with E-state index in [1.807, 2.05) is 0 Å². The molecule has 0 bridgehead atoms. The first kappa shape index (κ1) is 15.8. The van der Waals surface area contributed by atoms with Gasteiger partial charge in [0.15, 0.2) is 0 Å². The zero-order valence-electron chi connectivity index (χ0n) is 10.0. The highest BCUT2D eigenvalue weighted by molar-refractivity contribution is 6.42. The van der Waals surface area contributed by atoms with Crippen molar-refractivity contribution < 1.29 is 15.0 Å². The number of rotatable bonds is 7. The second-order valence-corrected chi connectivity index (χ2v) is 4.46. The molecular formula is C11H15BCl2NO3. The first-order chi connectivity index (χ1) is 8.58. The van der Waals surface area contributed by atoms with Crippen molar-refractivity contribution >= 4 is 30.7 Å². The summed E-state index contributed by atoms with van der Waals surface area (Å²) < 4.78 is 5.16. The van der Waals surface area contributed by atoms with Gasteiger partial charge in [0, 0.05) is 6.54 Å². The zero-order chi connectivity index (χ0) is 13.5. The molecule has 7 heteroatoms. The number of aliphatic hydroxyl groups is 2. The maximum Gasteiger partial charge on any atom is 0.321 e. The van der Waals surface area contributed by atoms with Crippen molar-refractivity contribution in [3.8, 4) is 0 Å². The summed E-state index contributed by atoms with van der Waals surface area (Å²) in [6, 6.07) is 4.94. The first-order valence-corrected chi connectivity index (χ1v) is 6.27. The Morgan fingerprint density at radius 2 is 2.11 bits per heavy atom. The molecule has 0 unspecified atom stereocenters. The van der Waals surface area contributed by atoms with Gasteiger partial charge in [0.1, 0.15) is 0 Å². The predicted octanol–water partition coefficient (Wildman–Crippen LogP) is 1.92. The van der Waals surface area contributed by atoms with Crippen LogP contribution < -0.4 is 0 Å². The van der Waals surface area contributed by atoms with Crippen molar-refractivity contribution in [3.05, 3.63) is 33.8 Å². The lowest BCUT2D eigenvalue weighted by atomic mass is 10.1. The van der Waals surface area contributed by atoms with Crippen LogP contribution in [0.3, 0.4) is 0 Å². The van der Waals surface area contributed by atoms with Gasteiger partial charge in [-0.25, -0.2) is 5.06 Å². The van der Waals surface area contributed by atoms with Crippen molar-refractivity contribution in [2.75, 3.05) is 19.7 Å². The van der Waals surface area contributed by atoms with Crippen LogP contribution in [0.15, 0.2) is 18.2 Å². The molecule has 0 aliphatic heterocycles. The molecule has 0 saturated carbocycles. The Bertz CT molecular complexity index is 375. The van der Waals surface area contributed by atoms with Crippen molar-refractivity contribution in [1.29, 1.82) is 0 Å². The Morgan fingerprint density at radius 1 is 1.39 bits per heavy atom. The lowest BCUT2D eigenvalue weighted by molar-refractivity contribution is -0.0909. The first-order valence-electron chi connectivity index (χ1n) is 5.52. The van der Waals surface area contributed by atoms with E-state index in [1.54, 1.807) is 25.0 Å². The van der Waals surface area contributed by atoms with E-state index in [0.717, 1.165) is 0 Å². The molecule has 4 nitrogen and oxygen atoms in total. The molecule has 0 amide bonds. The van der Waals surface area contributed by atoms with Crippen molar-refractivity contribution in [2.24, 2.45) is 0 Å². The monoisotopic (exact) mass is 290 g/mol. The summed E-state index contributed by atoms with van der Waals surface area (Å²) in [5, 5.41) is 21.2. The van der Waals surface area contributed by atoms with Gasteiger partial charge in [0.2, 0.25) is 0 Å². The molecular weight excluding hydrogens is 276 g/mol. The standard InChI is InChI=1S/C11H15BCl2NO3/c1-12-18-15(4-5-16)7-11(17)8-2-3-9(13)10(14)6-8/h2-3,6,11,16-17H,4-5,7H2,1H3/t11-/m0/s1. The van der Waals surface area contributed by atoms with E-state index in [-0.39, 0.29) is 13.2 Å². The smallest absolute Gasteiger partial charge is 0.321 e. The average molecular weight is 291 g/mol. The lowest BCUT2D eigenvalue weighted by Gasteiger charge is -2.23. The molecule has 2 N–H and O–H groups in total. The van der Waals surface area contributed by atoms with E-state index in [4.69, 9.17) is 33.1 Å². The van der Waals surface area contributed by atoms with E-state index in [1.165, 1.54) is 12.5 Å². The summed E-state index contributed by atoms with van der Waals surface area (Å²) in [6.45, 7) is 2.20. The van der Waals surface area contributed by atoms with Crippen LogP contribution in [0.1, 0.15) is 11.7 Å². The molecule has 99 valence electrons. The van der Waals surface area contributed by atoms with Gasteiger partial charge in [-0.15, -0.1) is 0 Å². The van der Waals surface area contributed by atoms with Crippen LogP contribution in [0.25, 0.3) is 0 Å². The van der Waals surface area contributed by atoms with Gasteiger partial charge < -0.3 is 15.0 Å². The fourth-order valence-electron chi connectivity index (χ4n) is 1.47. The normalized spacial score (nSPS) is 12.8. The molecule has 1 atom stereocenters. The van der Waals surface area contributed by atoms with Crippen molar-refractivity contribution in [2.45, 2.75) is 12.9 Å². The van der Waals surface area contributed by atoms with Crippen LogP contribution in [0.2, 0.25) is 16.9 Å². The average Bonchev–Trinajstić information content (AvgIpc) is 2.33. The van der Waals surface area contributed by atoms with E-state index >= 15 is 0 Å². The van der Waals surface area contributed by atoms with E-state index in [2.05, 4.69) is 0 Å². The van der Waals surface area contributed by atoms with Gasteiger partial charge in [0.05, 0.1) is 29.3 Å². The van der Waals surface area contributed by atoms with Crippen molar-refractivity contribution in [1.82, 2.24) is 5.06 Å². The fourth-order valence-corrected chi connectivity index (χ4v) is 1.77. The number of halogens is 2. The Kier molecular flexibility index (Phi) is 7.00. The highest BCUT2D eigenvalue weighted by atomic mass is 35.5. The van der Waals surface area contributed by atoms with Crippen molar-refractivity contribution in [3.63, 3.8) is 0 Å². The van der Waals surface area contributed by atoms with Gasteiger partial charge in [-0.05, 0) is 17.7 Å². The van der Waals surface area contributed by atoms with Crippen LogP contribution in [-0.2, 0) is 4.76 Å². The second-order valence-electron chi connectivity index (χ2n) is 3.64. The van der Waals surface area contributed by atoms with Crippen LogP contribution in [0, 0.1) is 0 Å². The molecule has 1 radical (unpaired) electrons. The maximum absolute atomic E-state index is 10.0. The highest BCUT2D eigenvalue weighted by Gasteiger charge is 2.14. The molecule has 0 aliphatic carbocycles. The van der Waals surface area contributed by atoms with Gasteiger partial charge >= 0.3 is 7.48 Å². The van der Waals surface area contributed by atoms with Gasteiger partial charge in [0.25, 0.3) is 0 Å². The molecule has 1 rings (SSSR count). The van der Waals surface area contributed by atoms with Gasteiger partial charge in [-0.1, -0.05) is 36.1 Å². The number of hydrogen-bond acceptors (Lipinski definition) is 4. The van der Waals surface area contributed by atoms with Gasteiger partial charge in [-0.3, -0.25) is 0 Å². The topological polar surface area (TPSA) is 52.9 Å². The minimum Gasteiger partial charge on any atom is -0.395 e. The number of hydroxylamine groups is 2. The predicted molar refractivity (Wildman–Crippen MR) is 72.8 cm³/mol. The Labute approximate surface area is 117 Å². The Balaban J connectivity index is 2.67. The third-order valence-corrected chi connectivity index (χ3v) is 3.05. The third kappa shape index (κ3) is 4.76. The molecule has 0 aliphatic rings. The lowest BCUT2D eigenvalue weighted by Crippen LogP contribution is -2.32.